The molecular formula is C15H39N3O6. The summed E-state index contributed by atoms with van der Waals surface area (Å²) < 4.78 is 0. The highest BCUT2D eigenvalue weighted by atomic mass is 16.3. The lowest BCUT2D eigenvalue weighted by Gasteiger charge is -2.34. The quantitative estimate of drug-likeness (QED) is 0.251. The number of nitrogens with zero attached hydrogens (tertiary/aromatic N) is 3. The zero-order chi connectivity index (χ0) is 19.8. The molecule has 0 aromatic heterocycles. The van der Waals surface area contributed by atoms with Gasteiger partial charge in [0.1, 0.15) is 0 Å². The van der Waals surface area contributed by atoms with Crippen molar-refractivity contribution < 1.29 is 30.6 Å². The molecule has 0 aliphatic heterocycles. The van der Waals surface area contributed by atoms with Crippen molar-refractivity contribution in [3.8, 4) is 0 Å². The molecule has 9 nitrogen and oxygen atoms in total. The van der Waals surface area contributed by atoms with Gasteiger partial charge in [-0.15, -0.1) is 0 Å². The molecule has 0 rings (SSSR count). The van der Waals surface area contributed by atoms with E-state index in [9.17, 15) is 0 Å². The molecule has 150 valence electrons. The summed E-state index contributed by atoms with van der Waals surface area (Å²) in [6.07, 6.45) is 0. The Balaban J connectivity index is -0.000000285. The Kier molecular flexibility index (Phi) is 20.7. The minimum absolute atomic E-state index is 0.0174. The zero-order valence-electron chi connectivity index (χ0n) is 16.1. The molecule has 0 fully saturated rings. The number of rotatable bonds is 9. The summed E-state index contributed by atoms with van der Waals surface area (Å²) in [5.41, 5.74) is -0.875. The molecule has 0 aromatic rings. The standard InChI is InChI=1S/C6H15NO3.C5H13NO2.C4H11NO/c1-7(2)6(3-8,4-9)5-10;1-6(2)5(3-7)4-8;1-5(2)3-4-6/h8-10H,3-5H2,1-2H3;5,7-8H,3-4H2,1-2H3;6H,3-4H2,1-2H3. The van der Waals surface area contributed by atoms with Gasteiger partial charge in [0.25, 0.3) is 0 Å². The second-order valence-corrected chi connectivity index (χ2v) is 6.10. The van der Waals surface area contributed by atoms with Crippen LogP contribution in [0.1, 0.15) is 0 Å². The molecule has 0 spiro atoms. The summed E-state index contributed by atoms with van der Waals surface area (Å²) in [7, 11) is 10.9. The second-order valence-electron chi connectivity index (χ2n) is 6.10. The Morgan fingerprint density at radius 2 is 1.08 bits per heavy atom. The van der Waals surface area contributed by atoms with E-state index in [1.807, 2.05) is 33.1 Å². The van der Waals surface area contributed by atoms with Crippen LogP contribution in [0.15, 0.2) is 0 Å². The predicted octanol–water partition coefficient (Wildman–Crippen LogP) is -3.29. The van der Waals surface area contributed by atoms with Gasteiger partial charge in [-0.3, -0.25) is 4.90 Å². The average molecular weight is 357 g/mol. The van der Waals surface area contributed by atoms with E-state index in [1.54, 1.807) is 23.9 Å². The Hall–Kier alpha value is -0.360. The van der Waals surface area contributed by atoms with Gasteiger partial charge in [-0.05, 0) is 42.3 Å². The van der Waals surface area contributed by atoms with Crippen LogP contribution in [0.2, 0.25) is 0 Å². The van der Waals surface area contributed by atoms with Crippen molar-refractivity contribution >= 4 is 0 Å². The van der Waals surface area contributed by atoms with Crippen LogP contribution >= 0.6 is 0 Å². The summed E-state index contributed by atoms with van der Waals surface area (Å²) in [5, 5.41) is 51.5. The molecule has 0 aromatic carbocycles. The second kappa shape index (κ2) is 17.5. The average Bonchev–Trinajstić information content (AvgIpc) is 2.51. The highest BCUT2D eigenvalue weighted by Crippen LogP contribution is 2.08. The van der Waals surface area contributed by atoms with Gasteiger partial charge in [-0.1, -0.05) is 0 Å². The summed E-state index contributed by atoms with van der Waals surface area (Å²) in [5.74, 6) is 0. The van der Waals surface area contributed by atoms with Crippen LogP contribution in [0, 0.1) is 0 Å². The molecule has 0 heterocycles. The molecule has 0 radical (unpaired) electrons. The normalized spacial score (nSPS) is 11.5. The van der Waals surface area contributed by atoms with Gasteiger partial charge in [0.05, 0.1) is 51.2 Å². The molecule has 0 amide bonds. The summed E-state index contributed by atoms with van der Waals surface area (Å²) >= 11 is 0. The van der Waals surface area contributed by atoms with Crippen molar-refractivity contribution in [2.45, 2.75) is 11.6 Å². The fourth-order valence-electron chi connectivity index (χ4n) is 1.16. The summed E-state index contributed by atoms with van der Waals surface area (Å²) in [6, 6.07) is -0.102. The van der Waals surface area contributed by atoms with Crippen LogP contribution in [0.25, 0.3) is 0 Å². The lowest BCUT2D eigenvalue weighted by atomic mass is 10.0. The monoisotopic (exact) mass is 357 g/mol. The van der Waals surface area contributed by atoms with Crippen molar-refractivity contribution in [1.29, 1.82) is 0 Å². The van der Waals surface area contributed by atoms with Crippen molar-refractivity contribution in [3.63, 3.8) is 0 Å². The van der Waals surface area contributed by atoms with E-state index < -0.39 is 5.54 Å². The molecular weight excluding hydrogens is 318 g/mol. The van der Waals surface area contributed by atoms with Crippen LogP contribution in [0.5, 0.6) is 0 Å². The van der Waals surface area contributed by atoms with E-state index in [-0.39, 0.29) is 45.7 Å². The maximum Gasteiger partial charge on any atom is 0.0901 e. The number of hydrogen-bond donors (Lipinski definition) is 6. The third-order valence-corrected chi connectivity index (χ3v) is 3.53. The van der Waals surface area contributed by atoms with E-state index in [0.717, 1.165) is 6.54 Å². The lowest BCUT2D eigenvalue weighted by Crippen LogP contribution is -2.53. The third-order valence-electron chi connectivity index (χ3n) is 3.53. The molecule has 0 saturated heterocycles. The smallest absolute Gasteiger partial charge is 0.0901 e. The molecule has 0 saturated carbocycles. The van der Waals surface area contributed by atoms with Crippen molar-refractivity contribution in [2.24, 2.45) is 0 Å². The first-order valence-electron chi connectivity index (χ1n) is 7.76. The van der Waals surface area contributed by atoms with Crippen LogP contribution < -0.4 is 0 Å². The van der Waals surface area contributed by atoms with Gasteiger partial charge < -0.3 is 40.4 Å². The van der Waals surface area contributed by atoms with E-state index >= 15 is 0 Å². The molecule has 9 heteroatoms. The van der Waals surface area contributed by atoms with Gasteiger partial charge in [-0.25, -0.2) is 0 Å². The molecule has 0 unspecified atom stereocenters. The molecule has 6 N–H and O–H groups in total. The molecule has 0 aliphatic rings. The van der Waals surface area contributed by atoms with Crippen LogP contribution in [0.4, 0.5) is 0 Å². The zero-order valence-corrected chi connectivity index (χ0v) is 16.1. The molecule has 0 aliphatic carbocycles. The maximum atomic E-state index is 8.79. The molecule has 0 atom stereocenters. The Bertz CT molecular complexity index is 239. The Labute approximate surface area is 146 Å². The van der Waals surface area contributed by atoms with E-state index in [0.29, 0.717) is 0 Å². The minimum Gasteiger partial charge on any atom is -0.395 e. The summed E-state index contributed by atoms with van der Waals surface area (Å²) in [6.45, 7) is 0.326. The van der Waals surface area contributed by atoms with Gasteiger partial charge in [-0.2, -0.15) is 0 Å². The van der Waals surface area contributed by atoms with Crippen molar-refractivity contribution in [1.82, 2.24) is 14.7 Å². The maximum absolute atomic E-state index is 8.79. The van der Waals surface area contributed by atoms with Crippen molar-refractivity contribution in [2.75, 3.05) is 88.5 Å². The Morgan fingerprint density at radius 3 is 1.08 bits per heavy atom. The first kappa shape index (κ1) is 28.4. The predicted molar refractivity (Wildman–Crippen MR) is 95.0 cm³/mol. The minimum atomic E-state index is -0.875. The lowest BCUT2D eigenvalue weighted by molar-refractivity contribution is -0.0224. The van der Waals surface area contributed by atoms with Gasteiger partial charge in [0.2, 0.25) is 0 Å². The largest absolute Gasteiger partial charge is 0.395 e. The first-order chi connectivity index (χ1) is 11.1. The van der Waals surface area contributed by atoms with E-state index in [1.165, 1.54) is 0 Å². The third kappa shape index (κ3) is 14.0. The summed E-state index contributed by atoms with van der Waals surface area (Å²) in [4.78, 5) is 5.31. The number of aliphatic hydroxyl groups is 6. The fraction of sp³-hybridized carbons (Fsp3) is 1.00. The van der Waals surface area contributed by atoms with Gasteiger partial charge in [0.15, 0.2) is 0 Å². The van der Waals surface area contributed by atoms with Crippen LogP contribution in [-0.4, -0.2) is 145 Å². The van der Waals surface area contributed by atoms with Crippen LogP contribution in [0.3, 0.4) is 0 Å². The van der Waals surface area contributed by atoms with Crippen molar-refractivity contribution in [3.05, 3.63) is 0 Å². The SMILES string of the molecule is CN(C)C(CO)(CO)CO.CN(C)C(CO)CO.CN(C)CCO. The number of aliphatic hydroxyl groups excluding tert-OH is 6. The number of likely N-dealkylation sites (N-methyl/N-ethyl adjacent to an activating group) is 3. The molecule has 0 bridgehead atoms. The molecule has 24 heavy (non-hydrogen) atoms. The van der Waals surface area contributed by atoms with Crippen LogP contribution in [-0.2, 0) is 0 Å². The first-order valence-corrected chi connectivity index (χ1v) is 7.76. The van der Waals surface area contributed by atoms with E-state index in [4.69, 9.17) is 30.6 Å². The Morgan fingerprint density at radius 1 is 0.708 bits per heavy atom. The highest BCUT2D eigenvalue weighted by Gasteiger charge is 2.30. The number of hydrogen-bond acceptors (Lipinski definition) is 9. The van der Waals surface area contributed by atoms with Gasteiger partial charge >= 0.3 is 0 Å². The highest BCUT2D eigenvalue weighted by molar-refractivity contribution is 4.85. The van der Waals surface area contributed by atoms with E-state index in [2.05, 4.69) is 0 Å². The topological polar surface area (TPSA) is 131 Å². The van der Waals surface area contributed by atoms with Gasteiger partial charge in [0, 0.05) is 6.54 Å². The fourth-order valence-corrected chi connectivity index (χ4v) is 1.16.